The van der Waals surface area contributed by atoms with Gasteiger partial charge in [-0.05, 0) is 73.4 Å². The number of pyridine rings is 1. The number of carboxylic acids is 1. The lowest BCUT2D eigenvalue weighted by Crippen LogP contribution is -2.51. The summed E-state index contributed by atoms with van der Waals surface area (Å²) >= 11 is 0. The summed E-state index contributed by atoms with van der Waals surface area (Å²) in [6.45, 7) is 2.86. The lowest BCUT2D eigenvalue weighted by molar-refractivity contribution is -0.896. The minimum atomic E-state index is -4.54. The fraction of sp³-hybridized carbons (Fsp3) is 0.469. The number of fused-ring (bicyclic) bond motifs is 1. The topological polar surface area (TPSA) is 73.7 Å². The van der Waals surface area contributed by atoms with Crippen LogP contribution in [-0.4, -0.2) is 77.3 Å². The zero-order valence-corrected chi connectivity index (χ0v) is 23.7. The molecular weight excluding hydrogens is 545 g/mol. The van der Waals surface area contributed by atoms with Crippen LogP contribution in [0.1, 0.15) is 59.6 Å². The number of carbonyl (C=O) groups excluding carboxylic acids is 1. The predicted molar refractivity (Wildman–Crippen MR) is 152 cm³/mol. The van der Waals surface area contributed by atoms with Gasteiger partial charge >= 0.3 is 12.1 Å². The molecule has 1 aromatic heterocycles. The lowest BCUT2D eigenvalue weighted by atomic mass is 9.71. The molecule has 2 aromatic rings. The molecule has 1 spiro atoms. The molecule has 4 aliphatic rings. The molecule has 2 saturated heterocycles. The molecule has 2 atom stereocenters. The van der Waals surface area contributed by atoms with Crippen molar-refractivity contribution in [3.8, 4) is 0 Å². The van der Waals surface area contributed by atoms with Crippen LogP contribution in [0.2, 0.25) is 0 Å². The normalized spacial score (nSPS) is 25.6. The van der Waals surface area contributed by atoms with Crippen LogP contribution in [0.25, 0.3) is 0 Å². The first-order valence-corrected chi connectivity index (χ1v) is 14.6. The van der Waals surface area contributed by atoms with Crippen LogP contribution < -0.4 is 4.90 Å². The summed E-state index contributed by atoms with van der Waals surface area (Å²) in [5, 5.41) is 9.90. The Kier molecular flexibility index (Phi) is 7.15. The van der Waals surface area contributed by atoms with Gasteiger partial charge in [-0.3, -0.25) is 14.3 Å². The van der Waals surface area contributed by atoms with E-state index in [9.17, 15) is 27.9 Å². The summed E-state index contributed by atoms with van der Waals surface area (Å²) in [5.74, 6) is -1.30. The van der Waals surface area contributed by atoms with Gasteiger partial charge in [0.05, 0.1) is 12.6 Å². The number of carbonyl (C=O) groups is 2. The number of carboxylic acid groups (broad SMARTS) is 1. The number of aryl methyl sites for hydroxylation is 1. The summed E-state index contributed by atoms with van der Waals surface area (Å²) in [4.78, 5) is 34.2. The maximum Gasteiger partial charge on any atom is 0.418 e. The summed E-state index contributed by atoms with van der Waals surface area (Å²) in [5.41, 5.74) is 2.86. The number of halogens is 3. The fourth-order valence-corrected chi connectivity index (χ4v) is 7.56. The number of alkyl halides is 3. The molecule has 222 valence electrons. The van der Waals surface area contributed by atoms with Crippen LogP contribution in [0, 0.1) is 5.41 Å². The highest BCUT2D eigenvalue weighted by Gasteiger charge is 2.50. The van der Waals surface area contributed by atoms with E-state index in [-0.39, 0.29) is 21.5 Å². The summed E-state index contributed by atoms with van der Waals surface area (Å²) < 4.78 is 40.7. The van der Waals surface area contributed by atoms with E-state index in [0.29, 0.717) is 31.5 Å². The fourth-order valence-electron chi connectivity index (χ4n) is 7.56. The third-order valence-corrected chi connectivity index (χ3v) is 10.2. The Labute approximate surface area is 243 Å². The molecule has 1 amide bonds. The van der Waals surface area contributed by atoms with Crippen molar-refractivity contribution in [2.24, 2.45) is 5.41 Å². The lowest BCUT2D eigenvalue weighted by Gasteiger charge is -2.47. The Morgan fingerprint density at radius 2 is 1.67 bits per heavy atom. The number of aromatic nitrogens is 1. The van der Waals surface area contributed by atoms with Crippen molar-refractivity contribution in [3.05, 3.63) is 82.8 Å². The van der Waals surface area contributed by atoms with Gasteiger partial charge in [-0.2, -0.15) is 13.2 Å². The van der Waals surface area contributed by atoms with E-state index >= 15 is 0 Å². The quantitative estimate of drug-likeness (QED) is 0.483. The summed E-state index contributed by atoms with van der Waals surface area (Å²) in [6.07, 6.45) is 6.28. The standard InChI is InChI=1S/C32H35F3N4O3/c1-39(21-24(32(33,34)35)5-7-28(39)30(41)42)27-6-4-22-2-3-23(20-26(22)27)29(40)38-18-12-31(13-19-38)10-16-37(17-11-31)25-8-14-36-15-9-25/h2-3,5,7-9,14-15,20,27H,4,6,10-13,16-19,21H2,1H3/p+1. The number of amides is 1. The van der Waals surface area contributed by atoms with Crippen LogP contribution >= 0.6 is 0 Å². The molecule has 1 aliphatic carbocycles. The molecule has 4 heterocycles. The Morgan fingerprint density at radius 3 is 2.31 bits per heavy atom. The second-order valence-corrected chi connectivity index (χ2v) is 12.4. The first-order valence-electron chi connectivity index (χ1n) is 14.6. The number of benzene rings is 1. The molecule has 1 aromatic carbocycles. The third kappa shape index (κ3) is 5.10. The van der Waals surface area contributed by atoms with Gasteiger partial charge in [0, 0.05) is 67.9 Å². The van der Waals surface area contributed by atoms with E-state index in [4.69, 9.17) is 0 Å². The van der Waals surface area contributed by atoms with Crippen LogP contribution in [0.15, 0.2) is 66.1 Å². The molecule has 42 heavy (non-hydrogen) atoms. The average Bonchev–Trinajstić information content (AvgIpc) is 3.42. The zero-order valence-electron chi connectivity index (χ0n) is 23.7. The molecule has 0 bridgehead atoms. The summed E-state index contributed by atoms with van der Waals surface area (Å²) in [7, 11) is 1.57. The maximum absolute atomic E-state index is 13.7. The third-order valence-electron chi connectivity index (χ3n) is 10.2. The van der Waals surface area contributed by atoms with Crippen molar-refractivity contribution in [1.82, 2.24) is 9.88 Å². The molecule has 3 aliphatic heterocycles. The van der Waals surface area contributed by atoms with Crippen molar-refractivity contribution in [2.75, 3.05) is 44.7 Å². The Morgan fingerprint density at radius 1 is 1.00 bits per heavy atom. The number of allylic oxidation sites excluding steroid dienone is 2. The number of likely N-dealkylation sites (N-methyl/N-ethyl adjacent to an activating group) is 1. The smallest absolute Gasteiger partial charge is 0.418 e. The van der Waals surface area contributed by atoms with E-state index in [1.807, 2.05) is 47.6 Å². The van der Waals surface area contributed by atoms with Crippen molar-refractivity contribution in [2.45, 2.75) is 50.7 Å². The number of rotatable bonds is 4. The second kappa shape index (κ2) is 10.6. The van der Waals surface area contributed by atoms with Crippen molar-refractivity contribution in [1.29, 1.82) is 0 Å². The number of quaternary nitrogens is 1. The number of nitrogens with zero attached hydrogens (tertiary/aromatic N) is 4. The molecule has 0 radical (unpaired) electrons. The molecule has 7 nitrogen and oxygen atoms in total. The first-order chi connectivity index (χ1) is 20.0. The van der Waals surface area contributed by atoms with Crippen LogP contribution in [0.5, 0.6) is 0 Å². The Hall–Kier alpha value is -3.66. The van der Waals surface area contributed by atoms with E-state index in [2.05, 4.69) is 9.88 Å². The number of anilines is 1. The minimum Gasteiger partial charge on any atom is -0.474 e. The highest BCUT2D eigenvalue weighted by molar-refractivity contribution is 5.94. The first kappa shape index (κ1) is 28.5. The van der Waals surface area contributed by atoms with E-state index in [1.165, 1.54) is 5.69 Å². The highest BCUT2D eigenvalue weighted by Crippen LogP contribution is 2.47. The Balaban J connectivity index is 1.16. The van der Waals surface area contributed by atoms with Crippen molar-refractivity contribution < 1.29 is 32.3 Å². The van der Waals surface area contributed by atoms with Crippen LogP contribution in [0.3, 0.4) is 0 Å². The number of hydrogen-bond donors (Lipinski definition) is 1. The van der Waals surface area contributed by atoms with Gasteiger partial charge in [-0.15, -0.1) is 0 Å². The number of piperidine rings is 2. The van der Waals surface area contributed by atoms with E-state index in [0.717, 1.165) is 62.1 Å². The number of hydrogen-bond acceptors (Lipinski definition) is 4. The number of aliphatic carboxylic acids is 1. The number of likely N-dealkylation sites (tertiary alicyclic amines) is 1. The molecule has 2 unspecified atom stereocenters. The van der Waals surface area contributed by atoms with Gasteiger partial charge in [0.2, 0.25) is 5.70 Å². The predicted octanol–water partition coefficient (Wildman–Crippen LogP) is 5.51. The van der Waals surface area contributed by atoms with Gasteiger partial charge in [-0.25, -0.2) is 4.79 Å². The molecule has 0 saturated carbocycles. The summed E-state index contributed by atoms with van der Waals surface area (Å²) in [6, 6.07) is 9.10. The highest BCUT2D eigenvalue weighted by atomic mass is 19.4. The second-order valence-electron chi connectivity index (χ2n) is 12.4. The largest absolute Gasteiger partial charge is 0.474 e. The monoisotopic (exact) mass is 581 g/mol. The van der Waals surface area contributed by atoms with Gasteiger partial charge in [0.15, 0.2) is 0 Å². The van der Waals surface area contributed by atoms with E-state index < -0.39 is 30.3 Å². The molecule has 2 fully saturated rings. The van der Waals surface area contributed by atoms with Gasteiger partial charge in [-0.1, -0.05) is 6.07 Å². The van der Waals surface area contributed by atoms with Crippen molar-refractivity contribution >= 4 is 17.6 Å². The average molecular weight is 582 g/mol. The van der Waals surface area contributed by atoms with Gasteiger partial charge < -0.3 is 14.9 Å². The Bertz CT molecular complexity index is 1440. The van der Waals surface area contributed by atoms with E-state index in [1.54, 1.807) is 7.05 Å². The molecule has 10 heteroatoms. The molecular formula is C32H36F3N4O3+. The van der Waals surface area contributed by atoms with Gasteiger partial charge in [0.25, 0.3) is 5.91 Å². The van der Waals surface area contributed by atoms with Crippen LogP contribution in [-0.2, 0) is 11.2 Å². The maximum atomic E-state index is 13.7. The minimum absolute atomic E-state index is 0.0707. The zero-order chi connectivity index (χ0) is 29.7. The molecule has 6 rings (SSSR count). The molecule has 1 N–H and O–H groups in total. The SMILES string of the molecule is C[N+]1(C2CCc3ccc(C(=O)N4CCC5(CC4)CCN(c4ccncc4)CC5)cc32)CC(C(F)(F)F)=CC=C1C(=O)O. The van der Waals surface area contributed by atoms with Crippen molar-refractivity contribution in [3.63, 3.8) is 0 Å². The van der Waals surface area contributed by atoms with Gasteiger partial charge in [0.1, 0.15) is 12.6 Å². The van der Waals surface area contributed by atoms with Crippen LogP contribution in [0.4, 0.5) is 18.9 Å².